The Labute approximate surface area is 129 Å². The van der Waals surface area contributed by atoms with E-state index in [4.69, 9.17) is 4.42 Å². The summed E-state index contributed by atoms with van der Waals surface area (Å²) in [5.74, 6) is 1.87. The number of rotatable bonds is 6. The number of hydrogen-bond donors (Lipinski definition) is 1. The zero-order valence-corrected chi connectivity index (χ0v) is 13.8. The Hall–Kier alpha value is -0.800. The number of nitrogens with zero attached hydrogens (tertiary/aromatic N) is 1. The van der Waals surface area contributed by atoms with E-state index in [-0.39, 0.29) is 0 Å². The maximum Gasteiger partial charge on any atom is 0.117 e. The average Bonchev–Trinajstić information content (AvgIpc) is 3.16. The van der Waals surface area contributed by atoms with Gasteiger partial charge in [0.2, 0.25) is 0 Å². The highest BCUT2D eigenvalue weighted by atomic mass is 16.3. The van der Waals surface area contributed by atoms with Gasteiger partial charge in [0.1, 0.15) is 5.76 Å². The van der Waals surface area contributed by atoms with Crippen LogP contribution in [0.25, 0.3) is 0 Å². The molecule has 0 bridgehead atoms. The van der Waals surface area contributed by atoms with Crippen LogP contribution in [0.4, 0.5) is 0 Å². The van der Waals surface area contributed by atoms with Crippen molar-refractivity contribution in [2.24, 2.45) is 11.3 Å². The van der Waals surface area contributed by atoms with Crippen molar-refractivity contribution in [3.63, 3.8) is 0 Å². The van der Waals surface area contributed by atoms with Gasteiger partial charge < -0.3 is 9.73 Å². The molecule has 21 heavy (non-hydrogen) atoms. The van der Waals surface area contributed by atoms with E-state index in [1.807, 2.05) is 6.07 Å². The SMILES string of the molecule is CNC1CCC(C)(C)CC1CN(Cc1ccco1)C1CC1. The van der Waals surface area contributed by atoms with Crippen molar-refractivity contribution in [1.82, 2.24) is 10.2 Å². The lowest BCUT2D eigenvalue weighted by Gasteiger charge is -2.42. The molecule has 0 aliphatic heterocycles. The lowest BCUT2D eigenvalue weighted by molar-refractivity contribution is 0.0936. The van der Waals surface area contributed by atoms with Crippen LogP contribution in [0, 0.1) is 11.3 Å². The van der Waals surface area contributed by atoms with Gasteiger partial charge in [-0.3, -0.25) is 4.90 Å². The van der Waals surface area contributed by atoms with E-state index in [2.05, 4.69) is 37.2 Å². The molecular weight excluding hydrogens is 260 g/mol. The lowest BCUT2D eigenvalue weighted by Crippen LogP contribution is -2.46. The molecular formula is C18H30N2O. The van der Waals surface area contributed by atoms with Gasteiger partial charge in [0.15, 0.2) is 0 Å². The summed E-state index contributed by atoms with van der Waals surface area (Å²) in [5, 5.41) is 3.57. The fraction of sp³-hybridized carbons (Fsp3) is 0.778. The smallest absolute Gasteiger partial charge is 0.117 e. The Morgan fingerprint density at radius 2 is 2.14 bits per heavy atom. The highest BCUT2D eigenvalue weighted by Crippen LogP contribution is 2.40. The van der Waals surface area contributed by atoms with Crippen molar-refractivity contribution in [1.29, 1.82) is 0 Å². The molecule has 3 rings (SSSR count). The van der Waals surface area contributed by atoms with Crippen LogP contribution in [-0.2, 0) is 6.54 Å². The molecule has 2 fully saturated rings. The van der Waals surface area contributed by atoms with Crippen LogP contribution in [0.5, 0.6) is 0 Å². The second kappa shape index (κ2) is 6.13. The molecule has 0 saturated heterocycles. The highest BCUT2D eigenvalue weighted by molar-refractivity contribution is 5.01. The lowest BCUT2D eigenvalue weighted by atomic mass is 9.69. The monoisotopic (exact) mass is 290 g/mol. The van der Waals surface area contributed by atoms with Crippen molar-refractivity contribution in [3.8, 4) is 0 Å². The first-order valence-electron chi connectivity index (χ1n) is 8.51. The van der Waals surface area contributed by atoms with Gasteiger partial charge >= 0.3 is 0 Å². The highest BCUT2D eigenvalue weighted by Gasteiger charge is 2.38. The summed E-state index contributed by atoms with van der Waals surface area (Å²) < 4.78 is 5.57. The second-order valence-corrected chi connectivity index (χ2v) is 7.80. The first-order valence-corrected chi connectivity index (χ1v) is 8.51. The van der Waals surface area contributed by atoms with E-state index in [1.165, 1.54) is 38.6 Å². The number of furan rings is 1. The molecule has 3 heteroatoms. The molecule has 1 aromatic heterocycles. The van der Waals surface area contributed by atoms with Crippen LogP contribution in [0.15, 0.2) is 22.8 Å². The maximum atomic E-state index is 5.57. The van der Waals surface area contributed by atoms with E-state index in [1.54, 1.807) is 6.26 Å². The van der Waals surface area contributed by atoms with Gasteiger partial charge in [-0.25, -0.2) is 0 Å². The zero-order valence-electron chi connectivity index (χ0n) is 13.8. The molecule has 0 radical (unpaired) electrons. The van der Waals surface area contributed by atoms with Crippen molar-refractivity contribution in [3.05, 3.63) is 24.2 Å². The van der Waals surface area contributed by atoms with Crippen molar-refractivity contribution >= 4 is 0 Å². The van der Waals surface area contributed by atoms with E-state index >= 15 is 0 Å². The quantitative estimate of drug-likeness (QED) is 0.866. The van der Waals surface area contributed by atoms with Gasteiger partial charge in [0.05, 0.1) is 12.8 Å². The third kappa shape index (κ3) is 3.89. The predicted molar refractivity (Wildman–Crippen MR) is 86.1 cm³/mol. The molecule has 2 saturated carbocycles. The predicted octanol–water partition coefficient (Wildman–Crippen LogP) is 3.66. The van der Waals surface area contributed by atoms with Crippen LogP contribution >= 0.6 is 0 Å². The van der Waals surface area contributed by atoms with Crippen LogP contribution in [0.3, 0.4) is 0 Å². The topological polar surface area (TPSA) is 28.4 Å². The Bertz CT molecular complexity index is 436. The Morgan fingerprint density at radius 1 is 1.33 bits per heavy atom. The maximum absolute atomic E-state index is 5.57. The normalized spacial score (nSPS) is 29.0. The molecule has 1 N–H and O–H groups in total. The summed E-state index contributed by atoms with van der Waals surface area (Å²) in [6.07, 6.45) is 8.51. The van der Waals surface area contributed by atoms with Gasteiger partial charge in [-0.2, -0.15) is 0 Å². The van der Waals surface area contributed by atoms with Crippen molar-refractivity contribution in [2.75, 3.05) is 13.6 Å². The molecule has 2 unspecified atom stereocenters. The molecule has 0 amide bonds. The molecule has 3 nitrogen and oxygen atoms in total. The Kier molecular flexibility index (Phi) is 4.41. The van der Waals surface area contributed by atoms with Crippen LogP contribution in [0.1, 0.15) is 51.7 Å². The first-order chi connectivity index (χ1) is 10.1. The van der Waals surface area contributed by atoms with E-state index in [9.17, 15) is 0 Å². The summed E-state index contributed by atoms with van der Waals surface area (Å²) in [6, 6.07) is 5.57. The van der Waals surface area contributed by atoms with Gasteiger partial charge in [-0.05, 0) is 62.6 Å². The third-order valence-corrected chi connectivity index (χ3v) is 5.36. The van der Waals surface area contributed by atoms with Gasteiger partial charge in [0, 0.05) is 18.6 Å². The molecule has 0 spiro atoms. The van der Waals surface area contributed by atoms with Gasteiger partial charge in [-0.1, -0.05) is 13.8 Å². The molecule has 2 aliphatic rings. The van der Waals surface area contributed by atoms with Gasteiger partial charge in [-0.15, -0.1) is 0 Å². The Balaban J connectivity index is 1.65. The average molecular weight is 290 g/mol. The van der Waals surface area contributed by atoms with E-state index in [0.717, 1.165) is 24.3 Å². The molecule has 1 aromatic rings. The summed E-state index contributed by atoms with van der Waals surface area (Å²) in [4.78, 5) is 2.66. The fourth-order valence-electron chi connectivity index (χ4n) is 3.99. The molecule has 2 atom stereocenters. The summed E-state index contributed by atoms with van der Waals surface area (Å²) in [6.45, 7) is 7.05. The van der Waals surface area contributed by atoms with E-state index < -0.39 is 0 Å². The van der Waals surface area contributed by atoms with Crippen molar-refractivity contribution < 1.29 is 4.42 Å². The standard InChI is InChI=1S/C18H30N2O/c1-18(2)9-8-17(19-3)14(11-18)12-20(15-6-7-15)13-16-5-4-10-21-16/h4-5,10,14-15,17,19H,6-9,11-13H2,1-3H3. The second-order valence-electron chi connectivity index (χ2n) is 7.80. The summed E-state index contributed by atoms with van der Waals surface area (Å²) in [5.41, 5.74) is 0.498. The number of nitrogens with one attached hydrogen (secondary N) is 1. The van der Waals surface area contributed by atoms with Crippen molar-refractivity contribution in [2.45, 2.75) is 64.6 Å². The Morgan fingerprint density at radius 3 is 2.76 bits per heavy atom. The largest absolute Gasteiger partial charge is 0.468 e. The van der Waals surface area contributed by atoms with Crippen LogP contribution in [0.2, 0.25) is 0 Å². The van der Waals surface area contributed by atoms with Gasteiger partial charge in [0.25, 0.3) is 0 Å². The number of hydrogen-bond acceptors (Lipinski definition) is 3. The summed E-state index contributed by atoms with van der Waals surface area (Å²) >= 11 is 0. The van der Waals surface area contributed by atoms with Crippen LogP contribution in [-0.4, -0.2) is 30.6 Å². The van der Waals surface area contributed by atoms with E-state index in [0.29, 0.717) is 11.5 Å². The minimum atomic E-state index is 0.498. The zero-order chi connectivity index (χ0) is 14.9. The minimum absolute atomic E-state index is 0.498. The minimum Gasteiger partial charge on any atom is -0.468 e. The molecule has 1 heterocycles. The summed E-state index contributed by atoms with van der Waals surface area (Å²) in [7, 11) is 2.13. The first kappa shape index (κ1) is 15.1. The molecule has 118 valence electrons. The fourth-order valence-corrected chi connectivity index (χ4v) is 3.99. The van der Waals surface area contributed by atoms with Crippen LogP contribution < -0.4 is 5.32 Å². The molecule has 0 aromatic carbocycles. The molecule has 2 aliphatic carbocycles. The third-order valence-electron chi connectivity index (χ3n) is 5.36.